The van der Waals surface area contributed by atoms with E-state index in [1.165, 1.54) is 6.39 Å². The fraction of sp³-hybridized carbons (Fsp3) is 0.429. The topological polar surface area (TPSA) is 81.2 Å². The molecule has 1 saturated heterocycles. The minimum absolute atomic E-state index is 0.0449. The first kappa shape index (κ1) is 18.4. The van der Waals surface area contributed by atoms with Crippen LogP contribution in [0.15, 0.2) is 41.4 Å². The van der Waals surface area contributed by atoms with Gasteiger partial charge in [0, 0.05) is 48.1 Å². The van der Waals surface area contributed by atoms with Gasteiger partial charge < -0.3 is 14.0 Å². The monoisotopic (exact) mass is 380 g/mol. The molecule has 3 heterocycles. The molecule has 0 bridgehead atoms. The normalized spacial score (nSPS) is 17.2. The maximum Gasteiger partial charge on any atom is 0.242 e. The molecular weight excluding hydrogens is 356 g/mol. The lowest BCUT2D eigenvalue weighted by molar-refractivity contribution is -0.133. The number of hydrogen-bond acceptors (Lipinski definition) is 5. The number of piperidine rings is 1. The highest BCUT2D eigenvalue weighted by atomic mass is 16.5. The van der Waals surface area contributed by atoms with Crippen LogP contribution < -0.4 is 0 Å². The highest BCUT2D eigenvalue weighted by Gasteiger charge is 2.27. The molecule has 1 atom stereocenters. The van der Waals surface area contributed by atoms with Gasteiger partial charge in [0.25, 0.3) is 0 Å². The van der Waals surface area contributed by atoms with E-state index >= 15 is 0 Å². The summed E-state index contributed by atoms with van der Waals surface area (Å²) in [5, 5.41) is 4.85. The van der Waals surface area contributed by atoms with Crippen molar-refractivity contribution in [2.75, 3.05) is 13.1 Å². The minimum atomic E-state index is 0.0449. The molecule has 2 aromatic heterocycles. The van der Waals surface area contributed by atoms with E-state index in [0.717, 1.165) is 36.7 Å². The van der Waals surface area contributed by atoms with E-state index in [9.17, 15) is 9.59 Å². The zero-order valence-corrected chi connectivity index (χ0v) is 16.0. The maximum absolute atomic E-state index is 13.0. The SMILES string of the molecule is CCCC(=O)c1cn(CC(=O)N2CCCC(c3ncon3)C2)c2ccccc12. The molecule has 1 fully saturated rings. The number of ketones is 1. The fourth-order valence-corrected chi connectivity index (χ4v) is 3.98. The number of aromatic nitrogens is 3. The van der Waals surface area contributed by atoms with E-state index in [1.54, 1.807) is 0 Å². The number of carbonyl (C=O) groups excluding carboxylic acids is 2. The maximum atomic E-state index is 13.0. The van der Waals surface area contributed by atoms with Crippen molar-refractivity contribution < 1.29 is 14.1 Å². The van der Waals surface area contributed by atoms with Crippen LogP contribution >= 0.6 is 0 Å². The molecule has 146 valence electrons. The Morgan fingerprint density at radius 2 is 2.14 bits per heavy atom. The van der Waals surface area contributed by atoms with E-state index in [-0.39, 0.29) is 24.2 Å². The Kier molecular flexibility index (Phi) is 5.23. The molecule has 1 amide bonds. The van der Waals surface area contributed by atoms with Gasteiger partial charge in [-0.3, -0.25) is 9.59 Å². The Bertz CT molecular complexity index is 977. The van der Waals surface area contributed by atoms with Crippen LogP contribution in [0.2, 0.25) is 0 Å². The second-order valence-corrected chi connectivity index (χ2v) is 7.33. The van der Waals surface area contributed by atoms with Gasteiger partial charge in [0.2, 0.25) is 12.3 Å². The summed E-state index contributed by atoms with van der Waals surface area (Å²) >= 11 is 0. The number of carbonyl (C=O) groups is 2. The molecule has 1 aliphatic heterocycles. The number of rotatable bonds is 6. The standard InChI is InChI=1S/C21H24N4O3/c1-2-6-19(26)17-12-25(18-9-4-3-8-16(17)18)13-20(27)24-10-5-7-15(11-24)21-22-14-28-23-21/h3-4,8-9,12,14-15H,2,5-7,10-11,13H2,1H3. The Balaban J connectivity index is 1.54. The molecule has 1 aliphatic rings. The second-order valence-electron chi connectivity index (χ2n) is 7.33. The van der Waals surface area contributed by atoms with Crippen molar-refractivity contribution in [2.24, 2.45) is 0 Å². The van der Waals surface area contributed by atoms with Gasteiger partial charge in [-0.2, -0.15) is 4.98 Å². The number of fused-ring (bicyclic) bond motifs is 1. The molecule has 0 N–H and O–H groups in total. The van der Waals surface area contributed by atoms with Crippen molar-refractivity contribution in [3.8, 4) is 0 Å². The summed E-state index contributed by atoms with van der Waals surface area (Å²) in [6.45, 7) is 3.54. The van der Waals surface area contributed by atoms with E-state index in [2.05, 4.69) is 10.1 Å². The molecule has 0 saturated carbocycles. The average molecular weight is 380 g/mol. The lowest BCUT2D eigenvalue weighted by Gasteiger charge is -2.31. The van der Waals surface area contributed by atoms with Gasteiger partial charge in [0.1, 0.15) is 6.54 Å². The summed E-state index contributed by atoms with van der Waals surface area (Å²) < 4.78 is 6.75. The molecular formula is C21H24N4O3. The first-order chi connectivity index (χ1) is 13.7. The number of para-hydroxylation sites is 1. The zero-order valence-electron chi connectivity index (χ0n) is 16.0. The third kappa shape index (κ3) is 3.56. The number of benzene rings is 1. The predicted octanol–water partition coefficient (Wildman–Crippen LogP) is 3.41. The number of amides is 1. The summed E-state index contributed by atoms with van der Waals surface area (Å²) in [5.41, 5.74) is 1.62. The van der Waals surface area contributed by atoms with Crippen LogP contribution in [-0.2, 0) is 11.3 Å². The third-order valence-electron chi connectivity index (χ3n) is 5.39. The molecule has 4 rings (SSSR count). The van der Waals surface area contributed by atoms with E-state index < -0.39 is 0 Å². The van der Waals surface area contributed by atoms with Crippen molar-refractivity contribution in [1.82, 2.24) is 19.6 Å². The van der Waals surface area contributed by atoms with Crippen LogP contribution in [0.3, 0.4) is 0 Å². The van der Waals surface area contributed by atoms with Gasteiger partial charge in [0.15, 0.2) is 11.6 Å². The summed E-state index contributed by atoms with van der Waals surface area (Å²) in [4.78, 5) is 31.5. The summed E-state index contributed by atoms with van der Waals surface area (Å²) in [5.74, 6) is 0.944. The van der Waals surface area contributed by atoms with Crippen LogP contribution in [0.4, 0.5) is 0 Å². The number of nitrogens with zero attached hydrogens (tertiary/aromatic N) is 4. The van der Waals surface area contributed by atoms with Gasteiger partial charge in [-0.1, -0.05) is 30.3 Å². The quantitative estimate of drug-likeness (QED) is 0.612. The van der Waals surface area contributed by atoms with E-state index in [1.807, 2.05) is 46.9 Å². The smallest absolute Gasteiger partial charge is 0.242 e. The third-order valence-corrected chi connectivity index (χ3v) is 5.39. The van der Waals surface area contributed by atoms with Crippen molar-refractivity contribution in [2.45, 2.75) is 45.1 Å². The number of hydrogen-bond donors (Lipinski definition) is 0. The van der Waals surface area contributed by atoms with Crippen molar-refractivity contribution in [3.63, 3.8) is 0 Å². The summed E-state index contributed by atoms with van der Waals surface area (Å²) in [6, 6.07) is 7.78. The first-order valence-electron chi connectivity index (χ1n) is 9.82. The Labute approximate surface area is 163 Å². The molecule has 0 spiro atoms. The number of likely N-dealkylation sites (tertiary alicyclic amines) is 1. The predicted molar refractivity (Wildman–Crippen MR) is 104 cm³/mol. The Morgan fingerprint density at radius 1 is 1.29 bits per heavy atom. The van der Waals surface area contributed by atoms with Crippen molar-refractivity contribution >= 4 is 22.6 Å². The van der Waals surface area contributed by atoms with Crippen molar-refractivity contribution in [3.05, 3.63) is 48.2 Å². The summed E-state index contributed by atoms with van der Waals surface area (Å²) in [7, 11) is 0. The number of Topliss-reactive ketones (excluding diaryl/α,β-unsaturated/α-hetero) is 1. The summed E-state index contributed by atoms with van der Waals surface area (Å²) in [6.07, 6.45) is 6.35. The second kappa shape index (κ2) is 7.96. The van der Waals surface area contributed by atoms with Gasteiger partial charge in [-0.15, -0.1) is 0 Å². The molecule has 0 aliphatic carbocycles. The fourth-order valence-electron chi connectivity index (χ4n) is 3.98. The molecule has 7 nitrogen and oxygen atoms in total. The van der Waals surface area contributed by atoms with Gasteiger partial charge >= 0.3 is 0 Å². The lowest BCUT2D eigenvalue weighted by Crippen LogP contribution is -2.41. The van der Waals surface area contributed by atoms with E-state index in [4.69, 9.17) is 4.52 Å². The largest absolute Gasteiger partial charge is 0.343 e. The van der Waals surface area contributed by atoms with Crippen LogP contribution in [-0.4, -0.2) is 44.4 Å². The Morgan fingerprint density at radius 3 is 2.93 bits per heavy atom. The highest BCUT2D eigenvalue weighted by Crippen LogP contribution is 2.26. The molecule has 3 aromatic rings. The molecule has 1 unspecified atom stereocenters. The van der Waals surface area contributed by atoms with Gasteiger partial charge in [-0.05, 0) is 25.3 Å². The van der Waals surface area contributed by atoms with Crippen molar-refractivity contribution in [1.29, 1.82) is 0 Å². The highest BCUT2D eigenvalue weighted by molar-refractivity contribution is 6.08. The Hall–Kier alpha value is -2.96. The van der Waals surface area contributed by atoms with Gasteiger partial charge in [-0.25, -0.2) is 0 Å². The van der Waals surface area contributed by atoms with Crippen LogP contribution in [0, 0.1) is 0 Å². The first-order valence-corrected chi connectivity index (χ1v) is 9.82. The zero-order chi connectivity index (χ0) is 19.5. The molecule has 28 heavy (non-hydrogen) atoms. The molecule has 1 aromatic carbocycles. The molecule has 0 radical (unpaired) electrons. The molecule has 7 heteroatoms. The minimum Gasteiger partial charge on any atom is -0.343 e. The lowest BCUT2D eigenvalue weighted by atomic mass is 9.97. The van der Waals surface area contributed by atoms with Crippen LogP contribution in [0.25, 0.3) is 10.9 Å². The van der Waals surface area contributed by atoms with Gasteiger partial charge in [0.05, 0.1) is 0 Å². The average Bonchev–Trinajstić information content (AvgIpc) is 3.37. The van der Waals surface area contributed by atoms with Crippen LogP contribution in [0.5, 0.6) is 0 Å². The van der Waals surface area contributed by atoms with E-state index in [0.29, 0.717) is 24.4 Å². The van der Waals surface area contributed by atoms with Crippen LogP contribution in [0.1, 0.15) is 54.7 Å².